The number of aromatic nitrogens is 3. The average Bonchev–Trinajstić information content (AvgIpc) is 3.17. The minimum absolute atomic E-state index is 0.0121. The number of pyridine rings is 1. The molecule has 1 fully saturated rings. The quantitative estimate of drug-likeness (QED) is 0.531. The van der Waals surface area contributed by atoms with Gasteiger partial charge in [0.1, 0.15) is 6.10 Å². The van der Waals surface area contributed by atoms with Gasteiger partial charge in [-0.1, -0.05) is 41.9 Å². The Bertz CT molecular complexity index is 1060. The normalized spacial score (nSPS) is 17.3. The Balaban J connectivity index is 1.69. The Kier molecular flexibility index (Phi) is 5.93. The van der Waals surface area contributed by atoms with Gasteiger partial charge in [0, 0.05) is 22.8 Å². The molecule has 0 aliphatic carbocycles. The molecule has 0 saturated carbocycles. The summed E-state index contributed by atoms with van der Waals surface area (Å²) in [4.78, 5) is 20.3. The maximum atomic E-state index is 13.6. The van der Waals surface area contributed by atoms with Crippen molar-refractivity contribution in [2.24, 2.45) is 0 Å². The van der Waals surface area contributed by atoms with Crippen molar-refractivity contribution in [3.05, 3.63) is 57.8 Å². The second kappa shape index (κ2) is 8.47. The van der Waals surface area contributed by atoms with Crippen LogP contribution in [0.5, 0.6) is 0 Å². The van der Waals surface area contributed by atoms with Crippen molar-refractivity contribution in [3.63, 3.8) is 0 Å². The van der Waals surface area contributed by atoms with E-state index in [4.69, 9.17) is 9.72 Å². The first kappa shape index (κ1) is 21.0. The van der Waals surface area contributed by atoms with Gasteiger partial charge in [0.25, 0.3) is 5.91 Å². The first-order valence-electron chi connectivity index (χ1n) is 10.4. The number of amides is 1. The fourth-order valence-corrected chi connectivity index (χ4v) is 4.04. The summed E-state index contributed by atoms with van der Waals surface area (Å²) in [5.74, 6) is 0.231. The lowest BCUT2D eigenvalue weighted by Gasteiger charge is -2.33. The van der Waals surface area contributed by atoms with Gasteiger partial charge in [0.05, 0.1) is 30.3 Å². The third-order valence-corrected chi connectivity index (χ3v) is 6.02. The lowest BCUT2D eigenvalue weighted by molar-refractivity contribution is -0.0227. The molecule has 6 nitrogen and oxygen atoms in total. The van der Waals surface area contributed by atoms with Crippen LogP contribution in [0.4, 0.5) is 0 Å². The predicted octanol–water partition coefficient (Wildman–Crippen LogP) is 5.11. The van der Waals surface area contributed by atoms with Crippen LogP contribution >= 0.6 is 15.9 Å². The number of nitrogens with zero attached hydrogens (tertiary/aromatic N) is 4. The third kappa shape index (κ3) is 4.01. The zero-order chi connectivity index (χ0) is 21.4. The van der Waals surface area contributed by atoms with Gasteiger partial charge in [-0.15, -0.1) is 0 Å². The molecule has 7 heteroatoms. The van der Waals surface area contributed by atoms with Crippen molar-refractivity contribution in [3.8, 4) is 0 Å². The molecule has 1 aliphatic heterocycles. The Morgan fingerprint density at radius 3 is 2.60 bits per heavy atom. The summed E-state index contributed by atoms with van der Waals surface area (Å²) in [6.07, 6.45) is 1.64. The van der Waals surface area contributed by atoms with Crippen LogP contribution in [-0.2, 0) is 4.74 Å². The molecule has 3 heterocycles. The van der Waals surface area contributed by atoms with Crippen molar-refractivity contribution < 1.29 is 9.53 Å². The van der Waals surface area contributed by atoms with Crippen LogP contribution in [0.1, 0.15) is 67.4 Å². The molecule has 1 aromatic carbocycles. The Morgan fingerprint density at radius 1 is 1.20 bits per heavy atom. The van der Waals surface area contributed by atoms with Crippen LogP contribution in [-0.4, -0.2) is 45.3 Å². The van der Waals surface area contributed by atoms with E-state index in [1.165, 1.54) is 0 Å². The van der Waals surface area contributed by atoms with E-state index in [1.54, 1.807) is 6.20 Å². The fraction of sp³-hybridized carbons (Fsp3) is 0.435. The van der Waals surface area contributed by atoms with E-state index >= 15 is 0 Å². The molecular weight excluding hydrogens is 444 g/mol. The van der Waals surface area contributed by atoms with Gasteiger partial charge in [-0.05, 0) is 43.5 Å². The topological polar surface area (TPSA) is 60.3 Å². The molecule has 0 radical (unpaired) electrons. The molecule has 1 atom stereocenters. The highest BCUT2D eigenvalue weighted by molar-refractivity contribution is 9.10. The molecule has 0 bridgehead atoms. The number of benzene rings is 1. The second-order valence-corrected chi connectivity index (χ2v) is 9.25. The summed E-state index contributed by atoms with van der Waals surface area (Å²) < 4.78 is 8.88. The lowest BCUT2D eigenvalue weighted by Crippen LogP contribution is -2.42. The van der Waals surface area contributed by atoms with E-state index in [0.717, 1.165) is 26.8 Å². The molecule has 1 amide bonds. The van der Waals surface area contributed by atoms with Crippen molar-refractivity contribution in [2.75, 3.05) is 19.7 Å². The number of fused-ring (bicyclic) bond motifs is 1. The predicted molar refractivity (Wildman–Crippen MR) is 121 cm³/mol. The van der Waals surface area contributed by atoms with Gasteiger partial charge >= 0.3 is 0 Å². The monoisotopic (exact) mass is 470 g/mol. The summed E-state index contributed by atoms with van der Waals surface area (Å²) in [6.45, 7) is 9.95. The highest BCUT2D eigenvalue weighted by Crippen LogP contribution is 2.28. The first-order valence-corrected chi connectivity index (χ1v) is 11.2. The molecule has 3 aromatic rings. The van der Waals surface area contributed by atoms with Crippen LogP contribution < -0.4 is 0 Å². The highest BCUT2D eigenvalue weighted by Gasteiger charge is 2.28. The summed E-state index contributed by atoms with van der Waals surface area (Å²) in [7, 11) is 0. The Hall–Kier alpha value is -2.25. The summed E-state index contributed by atoms with van der Waals surface area (Å²) in [5, 5.41) is 5.32. The fourth-order valence-electron chi connectivity index (χ4n) is 3.77. The maximum absolute atomic E-state index is 13.6. The number of carbonyl (C=O) groups excluding carboxylic acids is 1. The number of carbonyl (C=O) groups is 1. The second-order valence-electron chi connectivity index (χ2n) is 8.33. The van der Waals surface area contributed by atoms with Crippen LogP contribution in [0.25, 0.3) is 11.0 Å². The van der Waals surface area contributed by atoms with Crippen LogP contribution in [0, 0.1) is 0 Å². The number of hydrogen-bond donors (Lipinski definition) is 0. The molecule has 4 rings (SSSR count). The SMILES string of the molecule is CC(C)c1cc(C(=O)N2CCOC(c3ccc(Br)cc3)C2)c2cnn(C(C)C)c2n1. The van der Waals surface area contributed by atoms with Gasteiger partial charge in [-0.3, -0.25) is 4.79 Å². The van der Waals surface area contributed by atoms with Crippen molar-refractivity contribution in [1.82, 2.24) is 19.7 Å². The van der Waals surface area contributed by atoms with E-state index in [-0.39, 0.29) is 24.0 Å². The van der Waals surface area contributed by atoms with Crippen molar-refractivity contribution >= 4 is 32.9 Å². The standard InChI is InChI=1S/C23H27BrN4O2/c1-14(2)20-11-18(19-12-25-28(15(3)4)22(19)26-20)23(29)27-9-10-30-21(13-27)16-5-7-17(24)8-6-16/h5-8,11-12,14-15,21H,9-10,13H2,1-4H3. The van der Waals surface area contributed by atoms with Gasteiger partial charge in [0.2, 0.25) is 0 Å². The van der Waals surface area contributed by atoms with E-state index in [1.807, 2.05) is 39.9 Å². The minimum Gasteiger partial charge on any atom is -0.370 e. The van der Waals surface area contributed by atoms with E-state index in [9.17, 15) is 4.79 Å². The summed E-state index contributed by atoms with van der Waals surface area (Å²) >= 11 is 3.47. The molecule has 0 N–H and O–H groups in total. The molecule has 30 heavy (non-hydrogen) atoms. The number of halogens is 1. The number of rotatable bonds is 4. The number of ether oxygens (including phenoxy) is 1. The zero-order valence-electron chi connectivity index (χ0n) is 17.8. The Labute approximate surface area is 185 Å². The number of morpholine rings is 1. The van der Waals surface area contributed by atoms with Gasteiger partial charge < -0.3 is 9.64 Å². The summed E-state index contributed by atoms with van der Waals surface area (Å²) in [5.41, 5.74) is 3.43. The lowest BCUT2D eigenvalue weighted by atomic mass is 10.0. The van der Waals surface area contributed by atoms with Crippen molar-refractivity contribution in [1.29, 1.82) is 0 Å². The van der Waals surface area contributed by atoms with E-state index in [2.05, 4.69) is 48.7 Å². The molecular formula is C23H27BrN4O2. The van der Waals surface area contributed by atoms with Gasteiger partial charge in [-0.2, -0.15) is 5.10 Å². The van der Waals surface area contributed by atoms with Crippen LogP contribution in [0.3, 0.4) is 0 Å². The molecule has 1 aliphatic rings. The average molecular weight is 471 g/mol. The molecule has 1 saturated heterocycles. The minimum atomic E-state index is -0.129. The zero-order valence-corrected chi connectivity index (χ0v) is 19.4. The number of hydrogen-bond acceptors (Lipinski definition) is 4. The van der Waals surface area contributed by atoms with Gasteiger partial charge in [0.15, 0.2) is 5.65 Å². The van der Waals surface area contributed by atoms with Gasteiger partial charge in [-0.25, -0.2) is 9.67 Å². The first-order chi connectivity index (χ1) is 14.3. The highest BCUT2D eigenvalue weighted by atomic mass is 79.9. The van der Waals surface area contributed by atoms with E-state index < -0.39 is 0 Å². The largest absolute Gasteiger partial charge is 0.370 e. The Morgan fingerprint density at radius 2 is 1.93 bits per heavy atom. The van der Waals surface area contributed by atoms with Crippen LogP contribution in [0.15, 0.2) is 41.0 Å². The molecule has 0 spiro atoms. The summed E-state index contributed by atoms with van der Waals surface area (Å²) in [6, 6.07) is 10.2. The van der Waals surface area contributed by atoms with Crippen LogP contribution in [0.2, 0.25) is 0 Å². The molecule has 2 aromatic heterocycles. The van der Waals surface area contributed by atoms with Crippen molar-refractivity contribution in [2.45, 2.75) is 45.8 Å². The smallest absolute Gasteiger partial charge is 0.254 e. The van der Waals surface area contributed by atoms with E-state index in [0.29, 0.717) is 25.3 Å². The molecule has 158 valence electrons. The molecule has 1 unspecified atom stereocenters. The third-order valence-electron chi connectivity index (χ3n) is 5.49. The maximum Gasteiger partial charge on any atom is 0.254 e.